The molecule has 0 N–H and O–H groups in total. The van der Waals surface area contributed by atoms with E-state index in [0.29, 0.717) is 19.4 Å². The van der Waals surface area contributed by atoms with Crippen LogP contribution in [0, 0.1) is 0 Å². The Hall–Kier alpha value is -1.08. The fourth-order valence-electron chi connectivity index (χ4n) is 1.72. The lowest BCUT2D eigenvalue weighted by atomic mass is 10.2. The second-order valence-electron chi connectivity index (χ2n) is 7.43. The van der Waals surface area contributed by atoms with Crippen LogP contribution in [0.1, 0.15) is 20.8 Å². The SMILES string of the molecule is CC(C)(C)OC(=O)N1CCOC[C@H]1C(=O)OC[Si](C)(C)C. The minimum atomic E-state index is -1.49. The van der Waals surface area contributed by atoms with Crippen LogP contribution >= 0.6 is 0 Å². The Morgan fingerprint density at radius 1 is 1.29 bits per heavy atom. The van der Waals surface area contributed by atoms with Gasteiger partial charge in [-0.1, -0.05) is 19.6 Å². The number of amides is 1. The van der Waals surface area contributed by atoms with E-state index >= 15 is 0 Å². The maximum absolute atomic E-state index is 12.2. The molecule has 0 aliphatic carbocycles. The van der Waals surface area contributed by atoms with Crippen molar-refractivity contribution in [2.45, 2.75) is 52.1 Å². The van der Waals surface area contributed by atoms with Gasteiger partial charge >= 0.3 is 12.1 Å². The van der Waals surface area contributed by atoms with Crippen molar-refractivity contribution >= 4 is 20.1 Å². The van der Waals surface area contributed by atoms with E-state index in [0.717, 1.165) is 0 Å². The van der Waals surface area contributed by atoms with Crippen LogP contribution in [0.3, 0.4) is 0 Å². The average molecular weight is 317 g/mol. The molecule has 0 saturated carbocycles. The van der Waals surface area contributed by atoms with E-state index in [1.807, 2.05) is 0 Å². The quantitative estimate of drug-likeness (QED) is 0.589. The van der Waals surface area contributed by atoms with Crippen LogP contribution in [0.15, 0.2) is 0 Å². The topological polar surface area (TPSA) is 65.1 Å². The molecule has 7 heteroatoms. The van der Waals surface area contributed by atoms with Crippen molar-refractivity contribution in [2.24, 2.45) is 0 Å². The summed E-state index contributed by atoms with van der Waals surface area (Å²) in [5.41, 5.74) is -0.595. The number of rotatable bonds is 3. The van der Waals surface area contributed by atoms with E-state index in [2.05, 4.69) is 19.6 Å². The van der Waals surface area contributed by atoms with E-state index < -0.39 is 31.8 Å². The van der Waals surface area contributed by atoms with Gasteiger partial charge in [-0.3, -0.25) is 4.90 Å². The number of esters is 1. The number of morpholine rings is 1. The molecule has 1 aliphatic heterocycles. The van der Waals surface area contributed by atoms with Crippen LogP contribution in [0.4, 0.5) is 4.79 Å². The minimum absolute atomic E-state index is 0.157. The smallest absolute Gasteiger partial charge is 0.411 e. The van der Waals surface area contributed by atoms with E-state index in [1.54, 1.807) is 20.8 Å². The zero-order chi connectivity index (χ0) is 16.3. The van der Waals surface area contributed by atoms with E-state index in [9.17, 15) is 9.59 Å². The van der Waals surface area contributed by atoms with Crippen LogP contribution in [-0.4, -0.2) is 62.7 Å². The van der Waals surface area contributed by atoms with Gasteiger partial charge in [-0.05, 0) is 20.8 Å². The van der Waals surface area contributed by atoms with E-state index in [4.69, 9.17) is 14.2 Å². The molecule has 0 radical (unpaired) electrons. The van der Waals surface area contributed by atoms with Crippen molar-refractivity contribution in [1.82, 2.24) is 4.90 Å². The Balaban J connectivity index is 2.68. The largest absolute Gasteiger partial charge is 0.468 e. The fourth-order valence-corrected chi connectivity index (χ4v) is 2.30. The maximum atomic E-state index is 12.2. The second-order valence-corrected chi connectivity index (χ2v) is 12.8. The van der Waals surface area contributed by atoms with Gasteiger partial charge in [0, 0.05) is 6.54 Å². The van der Waals surface area contributed by atoms with Crippen LogP contribution in [0.2, 0.25) is 19.6 Å². The molecule has 1 rings (SSSR count). The molecule has 1 fully saturated rings. The standard InChI is InChI=1S/C14H27NO5Si/c1-14(2,3)20-13(17)15-7-8-18-9-11(15)12(16)19-10-21(4,5)6/h11H,7-10H2,1-6H3/t11-/m0/s1. The third-order valence-corrected chi connectivity index (χ3v) is 3.69. The highest BCUT2D eigenvalue weighted by Crippen LogP contribution is 2.16. The van der Waals surface area contributed by atoms with Gasteiger partial charge in [0.25, 0.3) is 0 Å². The summed E-state index contributed by atoms with van der Waals surface area (Å²) < 4.78 is 16.0. The molecule has 1 heterocycles. The third-order valence-electron chi connectivity index (χ3n) is 2.68. The molecule has 0 aromatic heterocycles. The number of carbonyl (C=O) groups excluding carboxylic acids is 2. The summed E-state index contributed by atoms with van der Waals surface area (Å²) >= 11 is 0. The first-order chi connectivity index (χ1) is 9.49. The molecular weight excluding hydrogens is 290 g/mol. The highest BCUT2D eigenvalue weighted by molar-refractivity contribution is 6.76. The number of ether oxygens (including phenoxy) is 3. The summed E-state index contributed by atoms with van der Waals surface area (Å²) in [6.45, 7) is 12.6. The molecule has 0 aromatic carbocycles. The summed E-state index contributed by atoms with van der Waals surface area (Å²) in [4.78, 5) is 25.8. The van der Waals surface area contributed by atoms with E-state index in [1.165, 1.54) is 4.90 Å². The highest BCUT2D eigenvalue weighted by Gasteiger charge is 2.37. The lowest BCUT2D eigenvalue weighted by Gasteiger charge is -2.35. The Kier molecular flexibility index (Phi) is 5.80. The summed E-state index contributed by atoms with van der Waals surface area (Å²) in [6, 6.07) is -0.718. The Morgan fingerprint density at radius 2 is 1.90 bits per heavy atom. The minimum Gasteiger partial charge on any atom is -0.468 e. The zero-order valence-electron chi connectivity index (χ0n) is 13.9. The first kappa shape index (κ1) is 18.0. The summed E-state index contributed by atoms with van der Waals surface area (Å²) in [5.74, 6) is -0.414. The van der Waals surface area contributed by atoms with Crippen molar-refractivity contribution in [1.29, 1.82) is 0 Å². The molecule has 1 atom stereocenters. The van der Waals surface area contributed by atoms with Crippen molar-refractivity contribution < 1.29 is 23.8 Å². The molecule has 0 unspecified atom stereocenters. The van der Waals surface area contributed by atoms with Gasteiger partial charge in [-0.15, -0.1) is 0 Å². The molecule has 0 bridgehead atoms. The zero-order valence-corrected chi connectivity index (χ0v) is 14.9. The number of nitrogens with zero attached hydrogens (tertiary/aromatic N) is 1. The average Bonchev–Trinajstić information content (AvgIpc) is 2.33. The number of carbonyl (C=O) groups is 2. The highest BCUT2D eigenvalue weighted by atomic mass is 28.3. The van der Waals surface area contributed by atoms with Crippen molar-refractivity contribution in [2.75, 3.05) is 26.0 Å². The van der Waals surface area contributed by atoms with Gasteiger partial charge in [-0.2, -0.15) is 0 Å². The van der Waals surface area contributed by atoms with Crippen molar-refractivity contribution in [3.63, 3.8) is 0 Å². The first-order valence-corrected chi connectivity index (χ1v) is 10.9. The molecular formula is C14H27NO5Si. The molecule has 6 nitrogen and oxygen atoms in total. The van der Waals surface area contributed by atoms with Gasteiger partial charge in [0.05, 0.1) is 27.5 Å². The lowest BCUT2D eigenvalue weighted by Crippen LogP contribution is -2.54. The van der Waals surface area contributed by atoms with Crippen LogP contribution in [-0.2, 0) is 19.0 Å². The summed E-state index contributed by atoms with van der Waals surface area (Å²) in [5, 5.41) is 0. The Morgan fingerprint density at radius 3 is 2.43 bits per heavy atom. The fraction of sp³-hybridized carbons (Fsp3) is 0.857. The third kappa shape index (κ3) is 6.47. The van der Waals surface area contributed by atoms with Gasteiger partial charge in [-0.25, -0.2) is 9.59 Å². The molecule has 0 aromatic rings. The predicted molar refractivity (Wildman–Crippen MR) is 81.9 cm³/mol. The maximum Gasteiger partial charge on any atom is 0.411 e. The van der Waals surface area contributed by atoms with Gasteiger partial charge in [0.2, 0.25) is 0 Å². The Bertz CT molecular complexity index is 386. The van der Waals surface area contributed by atoms with Crippen molar-refractivity contribution in [3.8, 4) is 0 Å². The van der Waals surface area contributed by atoms with Crippen molar-refractivity contribution in [3.05, 3.63) is 0 Å². The Labute approximate surface area is 127 Å². The lowest BCUT2D eigenvalue weighted by molar-refractivity contribution is -0.154. The number of hydrogen-bond donors (Lipinski definition) is 0. The molecule has 1 aliphatic rings. The molecule has 21 heavy (non-hydrogen) atoms. The van der Waals surface area contributed by atoms with Gasteiger partial charge < -0.3 is 14.2 Å². The first-order valence-electron chi connectivity index (χ1n) is 7.24. The predicted octanol–water partition coefficient (Wildman–Crippen LogP) is 2.04. The molecule has 1 amide bonds. The normalized spacial score (nSPS) is 20.1. The summed E-state index contributed by atoms with van der Waals surface area (Å²) in [7, 11) is -1.49. The number of hydrogen-bond acceptors (Lipinski definition) is 5. The van der Waals surface area contributed by atoms with Crippen LogP contribution in [0.5, 0.6) is 0 Å². The molecule has 1 saturated heterocycles. The molecule has 0 spiro atoms. The molecule has 122 valence electrons. The second kappa shape index (κ2) is 6.78. The van der Waals surface area contributed by atoms with Gasteiger partial charge in [0.1, 0.15) is 5.60 Å². The van der Waals surface area contributed by atoms with E-state index in [-0.39, 0.29) is 6.61 Å². The van der Waals surface area contributed by atoms with Crippen LogP contribution in [0.25, 0.3) is 0 Å². The van der Waals surface area contributed by atoms with Gasteiger partial charge in [0.15, 0.2) is 6.04 Å². The van der Waals surface area contributed by atoms with Crippen LogP contribution < -0.4 is 0 Å². The monoisotopic (exact) mass is 317 g/mol. The summed E-state index contributed by atoms with van der Waals surface area (Å²) in [6.07, 6.45) is -0.0643.